The largest absolute Gasteiger partial charge is 0.497 e. The van der Waals surface area contributed by atoms with Gasteiger partial charge in [-0.3, -0.25) is 4.79 Å². The predicted octanol–water partition coefficient (Wildman–Crippen LogP) is 2.97. The highest BCUT2D eigenvalue weighted by atomic mass is 16.5. The van der Waals surface area contributed by atoms with Crippen molar-refractivity contribution in [2.75, 3.05) is 13.7 Å². The van der Waals surface area contributed by atoms with Crippen LogP contribution in [0.2, 0.25) is 0 Å². The summed E-state index contributed by atoms with van der Waals surface area (Å²) in [6.07, 6.45) is 2.35. The molecular formula is C17H16N2O3. The van der Waals surface area contributed by atoms with E-state index in [2.05, 4.69) is 4.98 Å². The van der Waals surface area contributed by atoms with Crippen LogP contribution in [0.4, 0.5) is 0 Å². The van der Waals surface area contributed by atoms with E-state index in [9.17, 15) is 4.79 Å². The second-order valence-electron chi connectivity index (χ2n) is 5.45. The van der Waals surface area contributed by atoms with Gasteiger partial charge in [-0.1, -0.05) is 0 Å². The summed E-state index contributed by atoms with van der Waals surface area (Å²) in [7, 11) is 1.66. The van der Waals surface area contributed by atoms with Crippen LogP contribution >= 0.6 is 0 Å². The lowest BCUT2D eigenvalue weighted by Crippen LogP contribution is -2.35. The number of nitrogens with zero attached hydrogens (tertiary/aromatic N) is 1. The number of hydrogen-bond donors (Lipinski definition) is 1. The summed E-state index contributed by atoms with van der Waals surface area (Å²) in [5.41, 5.74) is 3.45. The van der Waals surface area contributed by atoms with Gasteiger partial charge in [0.25, 0.3) is 5.91 Å². The Morgan fingerprint density at radius 1 is 1.36 bits per heavy atom. The zero-order valence-electron chi connectivity index (χ0n) is 12.3. The molecule has 112 valence electrons. The van der Waals surface area contributed by atoms with Crippen molar-refractivity contribution in [3.05, 3.63) is 53.6 Å². The Labute approximate surface area is 127 Å². The molecule has 3 aromatic rings. The average molecular weight is 296 g/mol. The van der Waals surface area contributed by atoms with E-state index in [-0.39, 0.29) is 5.91 Å². The van der Waals surface area contributed by atoms with Crippen molar-refractivity contribution in [2.45, 2.75) is 13.0 Å². The maximum atomic E-state index is 12.4. The molecule has 2 aromatic heterocycles. The predicted molar refractivity (Wildman–Crippen MR) is 82.0 cm³/mol. The minimum absolute atomic E-state index is 0.0621. The first-order valence-electron chi connectivity index (χ1n) is 7.26. The Hall–Kier alpha value is -2.69. The number of fused-ring (bicyclic) bond motifs is 3. The summed E-state index contributed by atoms with van der Waals surface area (Å²) in [4.78, 5) is 17.7. The number of ether oxygens (including phenoxy) is 1. The first-order chi connectivity index (χ1) is 10.8. The number of amides is 1. The number of aromatic nitrogens is 1. The van der Waals surface area contributed by atoms with Gasteiger partial charge in [-0.15, -0.1) is 0 Å². The van der Waals surface area contributed by atoms with E-state index in [0.29, 0.717) is 18.8 Å². The van der Waals surface area contributed by atoms with E-state index in [1.807, 2.05) is 23.1 Å². The van der Waals surface area contributed by atoms with E-state index in [0.717, 1.165) is 23.1 Å². The normalized spacial score (nSPS) is 14.1. The number of nitrogens with one attached hydrogen (secondary N) is 1. The smallest absolute Gasteiger partial charge is 0.289 e. The van der Waals surface area contributed by atoms with E-state index < -0.39 is 0 Å². The maximum absolute atomic E-state index is 12.4. The highest BCUT2D eigenvalue weighted by Crippen LogP contribution is 2.30. The molecule has 0 atom stereocenters. The van der Waals surface area contributed by atoms with Crippen LogP contribution in [0.25, 0.3) is 10.9 Å². The summed E-state index contributed by atoms with van der Waals surface area (Å²) in [5.74, 6) is 1.15. The van der Waals surface area contributed by atoms with Crippen LogP contribution in [0.5, 0.6) is 5.75 Å². The lowest BCUT2D eigenvalue weighted by molar-refractivity contribution is 0.0703. The van der Waals surface area contributed by atoms with Gasteiger partial charge in [-0.05, 0) is 30.3 Å². The highest BCUT2D eigenvalue weighted by molar-refractivity contribution is 5.93. The summed E-state index contributed by atoms with van der Waals surface area (Å²) >= 11 is 0. The molecular weight excluding hydrogens is 280 g/mol. The Bertz CT molecular complexity index is 833. The monoisotopic (exact) mass is 296 g/mol. The third-order valence-corrected chi connectivity index (χ3v) is 4.20. The van der Waals surface area contributed by atoms with Crippen LogP contribution in [0, 0.1) is 0 Å². The van der Waals surface area contributed by atoms with Crippen LogP contribution < -0.4 is 4.74 Å². The standard InChI is InChI=1S/C17H16N2O3/c1-21-11-4-5-14-12(9-11)13-10-19(7-6-15(13)18-14)17(20)16-3-2-8-22-16/h2-5,8-9,18H,6-7,10H2,1H3. The summed E-state index contributed by atoms with van der Waals surface area (Å²) in [6, 6.07) is 9.42. The molecule has 0 fully saturated rings. The molecule has 1 aliphatic rings. The first-order valence-corrected chi connectivity index (χ1v) is 7.26. The van der Waals surface area contributed by atoms with Crippen molar-refractivity contribution in [3.8, 4) is 5.75 Å². The summed E-state index contributed by atoms with van der Waals surface area (Å²) in [5, 5.41) is 1.12. The minimum Gasteiger partial charge on any atom is -0.497 e. The molecule has 0 unspecified atom stereocenters. The van der Waals surface area contributed by atoms with Gasteiger partial charge in [-0.2, -0.15) is 0 Å². The Morgan fingerprint density at radius 2 is 2.27 bits per heavy atom. The van der Waals surface area contributed by atoms with Crippen molar-refractivity contribution in [1.82, 2.24) is 9.88 Å². The molecule has 1 N–H and O–H groups in total. The van der Waals surface area contributed by atoms with Crippen molar-refractivity contribution in [1.29, 1.82) is 0 Å². The van der Waals surface area contributed by atoms with Gasteiger partial charge in [0.1, 0.15) is 5.75 Å². The lowest BCUT2D eigenvalue weighted by Gasteiger charge is -2.26. The number of furan rings is 1. The number of methoxy groups -OCH3 is 1. The molecule has 22 heavy (non-hydrogen) atoms. The fourth-order valence-electron chi connectivity index (χ4n) is 3.05. The Balaban J connectivity index is 1.71. The summed E-state index contributed by atoms with van der Waals surface area (Å²) in [6.45, 7) is 1.28. The fourth-order valence-corrected chi connectivity index (χ4v) is 3.05. The van der Waals surface area contributed by atoms with Crippen molar-refractivity contribution < 1.29 is 13.9 Å². The third-order valence-electron chi connectivity index (χ3n) is 4.20. The quantitative estimate of drug-likeness (QED) is 0.791. The molecule has 5 heteroatoms. The van der Waals surface area contributed by atoms with Gasteiger partial charge in [-0.25, -0.2) is 0 Å². The maximum Gasteiger partial charge on any atom is 0.289 e. The molecule has 1 aliphatic heterocycles. The SMILES string of the molecule is COc1ccc2[nH]c3c(c2c1)CN(C(=O)c1ccco1)CC3. The highest BCUT2D eigenvalue weighted by Gasteiger charge is 2.26. The molecule has 1 aromatic carbocycles. The first kappa shape index (κ1) is 13.0. The number of aromatic amines is 1. The molecule has 3 heterocycles. The lowest BCUT2D eigenvalue weighted by atomic mass is 10.0. The van der Waals surface area contributed by atoms with Crippen LogP contribution in [0.15, 0.2) is 41.0 Å². The number of carbonyl (C=O) groups is 1. The van der Waals surface area contributed by atoms with Gasteiger partial charge in [0.2, 0.25) is 0 Å². The van der Waals surface area contributed by atoms with Crippen LogP contribution in [-0.4, -0.2) is 29.4 Å². The van der Waals surface area contributed by atoms with Gasteiger partial charge < -0.3 is 19.0 Å². The summed E-state index contributed by atoms with van der Waals surface area (Å²) < 4.78 is 10.5. The van der Waals surface area contributed by atoms with E-state index in [4.69, 9.17) is 9.15 Å². The molecule has 0 spiro atoms. The van der Waals surface area contributed by atoms with E-state index in [1.54, 1.807) is 19.2 Å². The Kier molecular flexibility index (Phi) is 2.92. The molecule has 0 saturated heterocycles. The molecule has 0 radical (unpaired) electrons. The van der Waals surface area contributed by atoms with Gasteiger partial charge in [0.05, 0.1) is 13.4 Å². The fraction of sp³-hybridized carbons (Fsp3) is 0.235. The van der Waals surface area contributed by atoms with Crippen LogP contribution in [0.3, 0.4) is 0 Å². The topological polar surface area (TPSA) is 58.5 Å². The van der Waals surface area contributed by atoms with E-state index >= 15 is 0 Å². The van der Waals surface area contributed by atoms with Gasteiger partial charge in [0, 0.05) is 41.7 Å². The molecule has 0 saturated carbocycles. The van der Waals surface area contributed by atoms with Crippen molar-refractivity contribution >= 4 is 16.8 Å². The second-order valence-corrected chi connectivity index (χ2v) is 5.45. The van der Waals surface area contributed by atoms with Crippen LogP contribution in [-0.2, 0) is 13.0 Å². The Morgan fingerprint density at radius 3 is 3.05 bits per heavy atom. The number of hydrogen-bond acceptors (Lipinski definition) is 3. The molecule has 0 aliphatic carbocycles. The van der Waals surface area contributed by atoms with Gasteiger partial charge in [0.15, 0.2) is 5.76 Å². The number of carbonyl (C=O) groups excluding carboxylic acids is 1. The zero-order valence-corrected chi connectivity index (χ0v) is 12.3. The second kappa shape index (κ2) is 4.94. The number of benzene rings is 1. The van der Waals surface area contributed by atoms with Crippen molar-refractivity contribution in [2.24, 2.45) is 0 Å². The molecule has 5 nitrogen and oxygen atoms in total. The minimum atomic E-state index is -0.0621. The number of H-pyrrole nitrogens is 1. The van der Waals surface area contributed by atoms with Crippen molar-refractivity contribution in [3.63, 3.8) is 0 Å². The van der Waals surface area contributed by atoms with Gasteiger partial charge >= 0.3 is 0 Å². The molecule has 4 rings (SSSR count). The zero-order chi connectivity index (χ0) is 15.1. The molecule has 0 bridgehead atoms. The average Bonchev–Trinajstić information content (AvgIpc) is 3.20. The molecule has 1 amide bonds. The number of rotatable bonds is 2. The van der Waals surface area contributed by atoms with E-state index in [1.165, 1.54) is 17.5 Å². The van der Waals surface area contributed by atoms with Crippen LogP contribution in [0.1, 0.15) is 21.8 Å². The third kappa shape index (κ3) is 1.97.